The highest BCUT2D eigenvalue weighted by Gasteiger charge is 2.23. The van der Waals surface area contributed by atoms with Gasteiger partial charge in [0.25, 0.3) is 5.91 Å². The van der Waals surface area contributed by atoms with Crippen molar-refractivity contribution in [1.82, 2.24) is 10.2 Å². The van der Waals surface area contributed by atoms with Gasteiger partial charge in [-0.05, 0) is 47.4 Å². The van der Waals surface area contributed by atoms with Gasteiger partial charge in [0.1, 0.15) is 11.4 Å². The smallest absolute Gasteiger partial charge is 0.287 e. The molecule has 1 aliphatic rings. The zero-order valence-electron chi connectivity index (χ0n) is 16.8. The maximum atomic E-state index is 13.5. The number of piperidine rings is 1. The lowest BCUT2D eigenvalue weighted by Gasteiger charge is -2.32. The van der Waals surface area contributed by atoms with E-state index in [4.69, 9.17) is 4.42 Å². The number of hydrogen-bond acceptors (Lipinski definition) is 5. The molecule has 0 bridgehead atoms. The van der Waals surface area contributed by atoms with Crippen LogP contribution in [-0.4, -0.2) is 29.9 Å². The Bertz CT molecular complexity index is 1320. The van der Waals surface area contributed by atoms with Gasteiger partial charge < -0.3 is 9.73 Å². The topological polar surface area (TPSA) is 62.6 Å². The van der Waals surface area contributed by atoms with Gasteiger partial charge in [-0.2, -0.15) is 0 Å². The number of carbonyl (C=O) groups excluding carboxylic acids is 1. The third-order valence-electron chi connectivity index (χ3n) is 5.79. The van der Waals surface area contributed by atoms with Gasteiger partial charge in [0.15, 0.2) is 11.2 Å². The molecule has 0 atom stereocenters. The summed E-state index contributed by atoms with van der Waals surface area (Å²) in [4.78, 5) is 27.3. The number of likely N-dealkylation sites (tertiary alicyclic amines) is 1. The fraction of sp³-hybridized carbons (Fsp3) is 0.250. The summed E-state index contributed by atoms with van der Waals surface area (Å²) >= 11 is 1.77. The second-order valence-electron chi connectivity index (χ2n) is 7.90. The first kappa shape index (κ1) is 19.9. The molecule has 4 aromatic rings. The number of benzene rings is 2. The number of fused-ring (bicyclic) bond motifs is 2. The minimum atomic E-state index is -0.515. The van der Waals surface area contributed by atoms with E-state index in [1.165, 1.54) is 33.8 Å². The molecule has 5 rings (SSSR count). The molecule has 2 aromatic heterocycles. The molecule has 0 aliphatic carbocycles. The Kier molecular flexibility index (Phi) is 5.29. The third-order valence-corrected chi connectivity index (χ3v) is 6.81. The maximum absolute atomic E-state index is 13.5. The summed E-state index contributed by atoms with van der Waals surface area (Å²) < 4.78 is 20.3. The number of amides is 1. The Labute approximate surface area is 182 Å². The van der Waals surface area contributed by atoms with Crippen molar-refractivity contribution in [1.29, 1.82) is 0 Å². The molecule has 0 saturated carbocycles. The van der Waals surface area contributed by atoms with Crippen molar-refractivity contribution in [2.45, 2.75) is 25.4 Å². The van der Waals surface area contributed by atoms with Gasteiger partial charge in [0, 0.05) is 42.5 Å². The number of thiophene rings is 1. The Morgan fingerprint density at radius 1 is 1.13 bits per heavy atom. The minimum Gasteiger partial charge on any atom is -0.451 e. The second kappa shape index (κ2) is 8.24. The molecule has 1 N–H and O–H groups in total. The molecule has 7 heteroatoms. The van der Waals surface area contributed by atoms with E-state index in [0.717, 1.165) is 38.5 Å². The number of rotatable bonds is 4. The highest BCUT2D eigenvalue weighted by Crippen LogP contribution is 2.27. The van der Waals surface area contributed by atoms with Gasteiger partial charge in [-0.1, -0.05) is 18.2 Å². The largest absolute Gasteiger partial charge is 0.451 e. The van der Waals surface area contributed by atoms with E-state index in [1.807, 2.05) is 0 Å². The first-order valence-electron chi connectivity index (χ1n) is 10.3. The van der Waals surface area contributed by atoms with Crippen LogP contribution in [0.15, 0.2) is 63.1 Å². The van der Waals surface area contributed by atoms with Crippen molar-refractivity contribution >= 4 is 38.3 Å². The molecule has 1 saturated heterocycles. The number of carbonyl (C=O) groups is 1. The zero-order chi connectivity index (χ0) is 21.4. The van der Waals surface area contributed by atoms with Crippen LogP contribution in [0.5, 0.6) is 0 Å². The fourth-order valence-corrected chi connectivity index (χ4v) is 5.08. The highest BCUT2D eigenvalue weighted by molar-refractivity contribution is 7.17. The Morgan fingerprint density at radius 2 is 1.94 bits per heavy atom. The molecule has 158 valence electrons. The first-order chi connectivity index (χ1) is 15.1. The third kappa shape index (κ3) is 4.11. The Morgan fingerprint density at radius 3 is 2.77 bits per heavy atom. The first-order valence-corrected chi connectivity index (χ1v) is 11.2. The van der Waals surface area contributed by atoms with E-state index in [9.17, 15) is 14.0 Å². The molecular weight excluding hydrogens is 415 g/mol. The van der Waals surface area contributed by atoms with Crippen molar-refractivity contribution in [2.24, 2.45) is 0 Å². The highest BCUT2D eigenvalue weighted by atomic mass is 32.1. The van der Waals surface area contributed by atoms with Gasteiger partial charge in [-0.25, -0.2) is 4.39 Å². The molecule has 0 spiro atoms. The van der Waals surface area contributed by atoms with E-state index in [1.54, 1.807) is 11.3 Å². The van der Waals surface area contributed by atoms with E-state index in [-0.39, 0.29) is 28.2 Å². The summed E-state index contributed by atoms with van der Waals surface area (Å²) in [5.41, 5.74) is 1.06. The molecule has 1 aliphatic heterocycles. The molecule has 0 radical (unpaired) electrons. The van der Waals surface area contributed by atoms with Crippen LogP contribution in [0.25, 0.3) is 21.1 Å². The monoisotopic (exact) mass is 436 g/mol. The van der Waals surface area contributed by atoms with Crippen LogP contribution in [0.3, 0.4) is 0 Å². The normalized spacial score (nSPS) is 15.5. The van der Waals surface area contributed by atoms with Crippen molar-refractivity contribution in [2.75, 3.05) is 13.1 Å². The summed E-state index contributed by atoms with van der Waals surface area (Å²) in [7, 11) is 0. The van der Waals surface area contributed by atoms with Gasteiger partial charge in [0.2, 0.25) is 0 Å². The van der Waals surface area contributed by atoms with Gasteiger partial charge in [-0.3, -0.25) is 14.5 Å². The molecule has 1 amide bonds. The molecule has 3 heterocycles. The number of halogens is 1. The van der Waals surface area contributed by atoms with Gasteiger partial charge >= 0.3 is 0 Å². The number of nitrogens with zero attached hydrogens (tertiary/aromatic N) is 1. The summed E-state index contributed by atoms with van der Waals surface area (Å²) in [5.74, 6) is -1.04. The van der Waals surface area contributed by atoms with E-state index in [0.29, 0.717) is 0 Å². The van der Waals surface area contributed by atoms with Crippen LogP contribution in [0.1, 0.15) is 29.0 Å². The summed E-state index contributed by atoms with van der Waals surface area (Å²) in [6.07, 6.45) is 1.64. The molecule has 1 fully saturated rings. The molecule has 5 nitrogen and oxygen atoms in total. The summed E-state index contributed by atoms with van der Waals surface area (Å²) in [6, 6.07) is 13.3. The fourth-order valence-electron chi connectivity index (χ4n) is 4.13. The van der Waals surface area contributed by atoms with Crippen LogP contribution in [0.2, 0.25) is 0 Å². The summed E-state index contributed by atoms with van der Waals surface area (Å²) in [5, 5.41) is 6.75. The lowest BCUT2D eigenvalue weighted by molar-refractivity contribution is 0.0881. The SMILES string of the molecule is O=C(NC1CCN(Cc2csc3ccccc23)CC1)c1cc(=O)c2ccc(F)cc2o1. The Hall–Kier alpha value is -3.03. The Balaban J connectivity index is 1.22. The standard InChI is InChI=1S/C24H21FN2O3S/c25-16-5-6-19-20(28)12-22(30-21(19)11-16)24(29)26-17-7-9-27(10-8-17)13-15-14-31-23-4-2-1-3-18(15)23/h1-6,11-12,14,17H,7-10,13H2,(H,26,29). The van der Waals surface area contributed by atoms with E-state index < -0.39 is 11.7 Å². The molecule has 31 heavy (non-hydrogen) atoms. The minimum absolute atomic E-state index is 0.0106. The second-order valence-corrected chi connectivity index (χ2v) is 8.81. The lowest BCUT2D eigenvalue weighted by atomic mass is 10.0. The van der Waals surface area contributed by atoms with Gasteiger partial charge in [0.05, 0.1) is 5.39 Å². The van der Waals surface area contributed by atoms with Crippen LogP contribution in [0, 0.1) is 5.82 Å². The number of hydrogen-bond donors (Lipinski definition) is 1. The van der Waals surface area contributed by atoms with Crippen LogP contribution >= 0.6 is 11.3 Å². The number of nitrogens with one attached hydrogen (secondary N) is 1. The van der Waals surface area contributed by atoms with Crippen molar-refractivity contribution < 1.29 is 13.6 Å². The van der Waals surface area contributed by atoms with Crippen LogP contribution < -0.4 is 10.7 Å². The predicted molar refractivity (Wildman–Crippen MR) is 120 cm³/mol. The molecule has 0 unspecified atom stereocenters. The molecule has 2 aromatic carbocycles. The van der Waals surface area contributed by atoms with E-state index in [2.05, 4.69) is 39.9 Å². The quantitative estimate of drug-likeness (QED) is 0.510. The van der Waals surface area contributed by atoms with E-state index >= 15 is 0 Å². The maximum Gasteiger partial charge on any atom is 0.287 e. The van der Waals surface area contributed by atoms with Crippen molar-refractivity contribution in [3.05, 3.63) is 81.3 Å². The average Bonchev–Trinajstić information content (AvgIpc) is 3.17. The van der Waals surface area contributed by atoms with Crippen molar-refractivity contribution in [3.8, 4) is 0 Å². The summed E-state index contributed by atoms with van der Waals surface area (Å²) in [6.45, 7) is 2.65. The van der Waals surface area contributed by atoms with Crippen LogP contribution in [-0.2, 0) is 6.54 Å². The average molecular weight is 437 g/mol. The van der Waals surface area contributed by atoms with Crippen molar-refractivity contribution in [3.63, 3.8) is 0 Å². The van der Waals surface area contributed by atoms with Gasteiger partial charge in [-0.15, -0.1) is 11.3 Å². The molecular formula is C24H21FN2O3S. The predicted octanol–water partition coefficient (Wildman–Crippen LogP) is 4.54. The van der Waals surface area contributed by atoms with Crippen LogP contribution in [0.4, 0.5) is 4.39 Å². The zero-order valence-corrected chi connectivity index (χ0v) is 17.6. The lowest BCUT2D eigenvalue weighted by Crippen LogP contribution is -2.44.